The molecule has 0 fully saturated rings. The lowest BCUT2D eigenvalue weighted by Gasteiger charge is -2.41. The highest BCUT2D eigenvalue weighted by molar-refractivity contribution is 7.26. The Balaban J connectivity index is 1.10. The van der Waals surface area contributed by atoms with Gasteiger partial charge in [-0.25, -0.2) is 4.98 Å². The number of rotatable bonds is 2. The fraction of sp³-hybridized carbons (Fsp3) is 0. The van der Waals surface area contributed by atoms with E-state index in [0.29, 0.717) is 0 Å². The van der Waals surface area contributed by atoms with E-state index in [4.69, 9.17) is 4.98 Å². The van der Waals surface area contributed by atoms with Crippen LogP contribution in [0.3, 0.4) is 0 Å². The van der Waals surface area contributed by atoms with Crippen molar-refractivity contribution in [1.82, 2.24) is 9.38 Å². The second-order valence-corrected chi connectivity index (χ2v) is 16.9. The monoisotopic (exact) mass is 780 g/mol. The number of fused-ring (bicyclic) bond motifs is 19. The van der Waals surface area contributed by atoms with Gasteiger partial charge in [0.15, 0.2) is 0 Å². The van der Waals surface area contributed by atoms with Crippen LogP contribution in [0.15, 0.2) is 194 Å². The topological polar surface area (TPSA) is 23.8 Å². The molecule has 13 aromatic rings. The number of hydrogen-bond acceptors (Lipinski definition) is 4. The van der Waals surface area contributed by atoms with Gasteiger partial charge in [-0.15, -0.1) is 11.3 Å². The van der Waals surface area contributed by atoms with Crippen LogP contribution in [-0.4, -0.2) is 9.38 Å². The third-order valence-corrected chi connectivity index (χ3v) is 14.0. The summed E-state index contributed by atoms with van der Waals surface area (Å²) >= 11 is 1.88. The highest BCUT2D eigenvalue weighted by Crippen LogP contribution is 2.58. The van der Waals surface area contributed by atoms with E-state index in [2.05, 4.69) is 208 Å². The van der Waals surface area contributed by atoms with E-state index in [-0.39, 0.29) is 0 Å². The number of nitrogens with zero attached hydrogens (tertiary/aromatic N) is 4. The summed E-state index contributed by atoms with van der Waals surface area (Å²) in [6, 6.07) is 71.3. The van der Waals surface area contributed by atoms with Crippen LogP contribution in [-0.2, 0) is 0 Å². The van der Waals surface area contributed by atoms with E-state index in [1.54, 1.807) is 0 Å². The molecule has 0 unspecified atom stereocenters. The summed E-state index contributed by atoms with van der Waals surface area (Å²) in [4.78, 5) is 10.4. The SMILES string of the molecule is c1ccc2c(c1)N(c1ccc3c(c1)nc1c4ccccc4c4ccccc4n31)c1cc3c4ccccc4c4ccccc4c3cc1N2c1cccc2c1sc1ccccc12. The van der Waals surface area contributed by atoms with Crippen LogP contribution < -0.4 is 9.80 Å². The van der Waals surface area contributed by atoms with Crippen molar-refractivity contribution in [3.8, 4) is 0 Å². The fourth-order valence-corrected chi connectivity index (χ4v) is 11.5. The van der Waals surface area contributed by atoms with Crippen LogP contribution in [0.5, 0.6) is 0 Å². The molecule has 10 aromatic carbocycles. The molecular formula is C55H32N4S. The first kappa shape index (κ1) is 32.3. The zero-order valence-corrected chi connectivity index (χ0v) is 33.0. The van der Waals surface area contributed by atoms with Crippen LogP contribution in [0.2, 0.25) is 0 Å². The summed E-state index contributed by atoms with van der Waals surface area (Å²) in [6.07, 6.45) is 0. The molecule has 0 amide bonds. The third kappa shape index (κ3) is 4.26. The van der Waals surface area contributed by atoms with Gasteiger partial charge in [-0.3, -0.25) is 4.40 Å². The molecule has 1 aliphatic heterocycles. The van der Waals surface area contributed by atoms with Crippen molar-refractivity contribution in [2.24, 2.45) is 0 Å². The number of anilines is 6. The molecule has 60 heavy (non-hydrogen) atoms. The van der Waals surface area contributed by atoms with Crippen LogP contribution >= 0.6 is 11.3 Å². The number of imidazole rings is 1. The predicted molar refractivity (Wildman–Crippen MR) is 256 cm³/mol. The lowest BCUT2D eigenvalue weighted by molar-refractivity contribution is 1.18. The number of aromatic nitrogens is 2. The van der Waals surface area contributed by atoms with Crippen molar-refractivity contribution in [2.75, 3.05) is 9.80 Å². The highest BCUT2D eigenvalue weighted by atomic mass is 32.1. The fourth-order valence-electron chi connectivity index (χ4n) is 10.3. The van der Waals surface area contributed by atoms with E-state index >= 15 is 0 Å². The third-order valence-electron chi connectivity index (χ3n) is 12.8. The van der Waals surface area contributed by atoms with E-state index in [9.17, 15) is 0 Å². The summed E-state index contributed by atoms with van der Waals surface area (Å²) < 4.78 is 4.92. The normalized spacial score (nSPS) is 12.9. The van der Waals surface area contributed by atoms with Crippen molar-refractivity contribution in [1.29, 1.82) is 0 Å². The molecule has 0 saturated carbocycles. The van der Waals surface area contributed by atoms with Crippen LogP contribution in [0.4, 0.5) is 34.1 Å². The molecular weight excluding hydrogens is 749 g/mol. The second-order valence-electron chi connectivity index (χ2n) is 15.9. The largest absolute Gasteiger partial charge is 0.306 e. The van der Waals surface area contributed by atoms with Gasteiger partial charge >= 0.3 is 0 Å². The van der Waals surface area contributed by atoms with Crippen molar-refractivity contribution >= 4 is 136 Å². The number of para-hydroxylation sites is 3. The summed E-state index contributed by atoms with van der Waals surface area (Å²) in [5.74, 6) is 0. The van der Waals surface area contributed by atoms with Crippen molar-refractivity contribution in [3.63, 3.8) is 0 Å². The number of pyridine rings is 1. The Bertz CT molecular complexity index is 3990. The number of benzene rings is 10. The maximum absolute atomic E-state index is 5.43. The summed E-state index contributed by atoms with van der Waals surface area (Å²) in [5.41, 5.74) is 10.9. The Labute approximate surface area is 348 Å². The molecule has 4 heterocycles. The highest BCUT2D eigenvalue weighted by Gasteiger charge is 2.33. The predicted octanol–water partition coefficient (Wildman–Crippen LogP) is 15.9. The molecule has 3 aromatic heterocycles. The molecule has 14 rings (SSSR count). The van der Waals surface area contributed by atoms with E-state index in [0.717, 1.165) is 56.0 Å². The minimum Gasteiger partial charge on any atom is -0.306 e. The van der Waals surface area contributed by atoms with Crippen LogP contribution in [0.1, 0.15) is 0 Å². The number of hydrogen-bond donors (Lipinski definition) is 0. The zero-order chi connectivity index (χ0) is 39.1. The lowest BCUT2D eigenvalue weighted by Crippen LogP contribution is -2.24. The molecule has 1 aliphatic rings. The van der Waals surface area contributed by atoms with Gasteiger partial charge in [0.05, 0.1) is 49.7 Å². The summed E-state index contributed by atoms with van der Waals surface area (Å²) in [6.45, 7) is 0. The first-order chi connectivity index (χ1) is 29.8. The molecule has 5 heteroatoms. The van der Waals surface area contributed by atoms with E-state index in [1.807, 2.05) is 11.3 Å². The minimum absolute atomic E-state index is 0.961. The van der Waals surface area contributed by atoms with Crippen molar-refractivity contribution < 1.29 is 0 Å². The van der Waals surface area contributed by atoms with Gasteiger partial charge in [-0.05, 0) is 98.4 Å². The maximum atomic E-state index is 5.43. The molecule has 0 radical (unpaired) electrons. The van der Waals surface area contributed by atoms with Crippen molar-refractivity contribution in [2.45, 2.75) is 0 Å². The molecule has 278 valence electrons. The molecule has 4 nitrogen and oxygen atoms in total. The lowest BCUT2D eigenvalue weighted by atomic mass is 9.92. The van der Waals surface area contributed by atoms with Crippen molar-refractivity contribution in [3.05, 3.63) is 194 Å². The first-order valence-corrected chi connectivity index (χ1v) is 21.3. The Morgan fingerprint density at radius 2 is 0.850 bits per heavy atom. The quantitative estimate of drug-likeness (QED) is 0.163. The molecule has 0 atom stereocenters. The van der Waals surface area contributed by atoms with Crippen LogP contribution in [0, 0.1) is 0 Å². The zero-order valence-electron chi connectivity index (χ0n) is 32.2. The minimum atomic E-state index is 0.961. The molecule has 0 spiro atoms. The summed E-state index contributed by atoms with van der Waals surface area (Å²) in [7, 11) is 0. The van der Waals surface area contributed by atoms with E-state index in [1.165, 1.54) is 68.9 Å². The van der Waals surface area contributed by atoms with Crippen LogP contribution in [0.25, 0.3) is 90.8 Å². The smallest absolute Gasteiger partial charge is 0.146 e. The molecule has 0 aliphatic carbocycles. The Morgan fingerprint density at radius 3 is 1.57 bits per heavy atom. The van der Waals surface area contributed by atoms with E-state index < -0.39 is 0 Å². The van der Waals surface area contributed by atoms with Gasteiger partial charge in [-0.2, -0.15) is 0 Å². The van der Waals surface area contributed by atoms with Gasteiger partial charge in [0.2, 0.25) is 0 Å². The molecule has 0 N–H and O–H groups in total. The first-order valence-electron chi connectivity index (χ1n) is 20.5. The second kappa shape index (κ2) is 11.9. The Morgan fingerprint density at radius 1 is 0.333 bits per heavy atom. The molecule has 0 saturated heterocycles. The Hall–Kier alpha value is -7.73. The van der Waals surface area contributed by atoms with Gasteiger partial charge in [-0.1, -0.05) is 133 Å². The molecule has 0 bridgehead atoms. The average molecular weight is 781 g/mol. The van der Waals surface area contributed by atoms with Gasteiger partial charge in [0, 0.05) is 31.9 Å². The average Bonchev–Trinajstić information content (AvgIpc) is 3.90. The van der Waals surface area contributed by atoms with Gasteiger partial charge in [0.25, 0.3) is 0 Å². The van der Waals surface area contributed by atoms with Gasteiger partial charge < -0.3 is 9.80 Å². The standard InChI is InChI=1S/C55H32N4S/c1-3-16-36-34(14-1)35-15-2-4-17-37(35)44-32-52-51(31-43(36)44)57(48-24-10-11-25-49(48)58(52)50-26-13-22-41-40-20-8-12-27-53(40)60-54(41)50)33-28-29-47-45(30-33)56-55-42-21-6-5-18-38(42)39-19-7-9-23-46(39)59(47)55/h1-32H. The Kier molecular flexibility index (Phi) is 6.41. The number of thiophene rings is 1. The van der Waals surface area contributed by atoms with Gasteiger partial charge in [0.1, 0.15) is 5.65 Å². The maximum Gasteiger partial charge on any atom is 0.146 e. The summed E-state index contributed by atoms with van der Waals surface area (Å²) in [5, 5.41) is 13.7.